The zero-order valence-corrected chi connectivity index (χ0v) is 32.5. The van der Waals surface area contributed by atoms with Gasteiger partial charge in [0, 0.05) is 26.3 Å². The number of unbranched alkanes of at least 4 members (excludes halogenated alkanes) is 4. The van der Waals surface area contributed by atoms with Crippen LogP contribution in [-0.4, -0.2) is 86.4 Å². The van der Waals surface area contributed by atoms with Gasteiger partial charge >= 0.3 is 6.09 Å². The molecule has 0 aromatic heterocycles. The van der Waals surface area contributed by atoms with Gasteiger partial charge in [-0.2, -0.15) is 0 Å². The van der Waals surface area contributed by atoms with E-state index < -0.39 is 45.0 Å². The smallest absolute Gasteiger partial charge is 0.410 e. The number of hydrogen-bond acceptors (Lipinski definition) is 9. The Bertz CT molecular complexity index is 1730. The van der Waals surface area contributed by atoms with E-state index in [-0.39, 0.29) is 22.9 Å². The van der Waals surface area contributed by atoms with Gasteiger partial charge in [0.2, 0.25) is 5.91 Å². The largest absolute Gasteiger partial charge is 0.493 e. The fourth-order valence-corrected chi connectivity index (χ4v) is 7.87. The van der Waals surface area contributed by atoms with Crippen LogP contribution in [0.25, 0.3) is 0 Å². The number of carbonyl (C=O) groups is 4. The van der Waals surface area contributed by atoms with Crippen molar-refractivity contribution in [1.29, 1.82) is 0 Å². The Morgan fingerprint density at radius 1 is 0.962 bits per heavy atom. The van der Waals surface area contributed by atoms with E-state index in [2.05, 4.69) is 5.32 Å². The molecule has 2 heterocycles. The van der Waals surface area contributed by atoms with Crippen LogP contribution in [0.2, 0.25) is 0 Å². The summed E-state index contributed by atoms with van der Waals surface area (Å²) in [6, 6.07) is 7.13. The van der Waals surface area contributed by atoms with Crippen molar-refractivity contribution < 1.29 is 41.8 Å². The van der Waals surface area contributed by atoms with Gasteiger partial charge in [0.25, 0.3) is 11.8 Å². The summed E-state index contributed by atoms with van der Waals surface area (Å²) in [5, 5.41) is 2.73. The first-order valence-electron chi connectivity index (χ1n) is 18.3. The second-order valence-corrected chi connectivity index (χ2v) is 17.1. The van der Waals surface area contributed by atoms with Gasteiger partial charge in [0.05, 0.1) is 42.3 Å². The Kier molecular flexibility index (Phi) is 13.7. The van der Waals surface area contributed by atoms with Crippen molar-refractivity contribution in [2.45, 2.75) is 104 Å². The summed E-state index contributed by atoms with van der Waals surface area (Å²) >= 11 is 0. The fraction of sp³-hybridized carbons (Fsp3) is 0.590. The van der Waals surface area contributed by atoms with Crippen molar-refractivity contribution in [1.82, 2.24) is 9.80 Å². The van der Waals surface area contributed by atoms with Gasteiger partial charge in [-0.15, -0.1) is 0 Å². The van der Waals surface area contributed by atoms with Crippen molar-refractivity contribution in [3.8, 4) is 11.5 Å². The van der Waals surface area contributed by atoms with E-state index in [0.29, 0.717) is 36.0 Å². The summed E-state index contributed by atoms with van der Waals surface area (Å²) in [6.45, 7) is 10.6. The van der Waals surface area contributed by atoms with Gasteiger partial charge in [0.1, 0.15) is 15.4 Å². The molecule has 2 aliphatic rings. The first kappa shape index (κ1) is 40.6. The zero-order valence-electron chi connectivity index (χ0n) is 31.7. The zero-order chi connectivity index (χ0) is 38.2. The van der Waals surface area contributed by atoms with Crippen molar-refractivity contribution in [3.05, 3.63) is 52.6 Å². The number of methoxy groups -OCH3 is 1. The van der Waals surface area contributed by atoms with E-state index in [1.54, 1.807) is 37.3 Å². The number of amides is 4. The van der Waals surface area contributed by atoms with Crippen molar-refractivity contribution in [2.75, 3.05) is 44.1 Å². The number of nitrogens with zero attached hydrogens (tertiary/aromatic N) is 2. The molecule has 1 fully saturated rings. The molecule has 13 heteroatoms. The van der Waals surface area contributed by atoms with Gasteiger partial charge in [-0.25, -0.2) is 13.2 Å². The molecule has 4 amide bonds. The number of benzene rings is 2. The lowest BCUT2D eigenvalue weighted by atomic mass is 9.91. The number of hydrogen-bond donors (Lipinski definition) is 1. The minimum absolute atomic E-state index is 0.0536. The molecular formula is C39H55N3O9S. The summed E-state index contributed by atoms with van der Waals surface area (Å²) in [5.74, 6) is -0.769. The van der Waals surface area contributed by atoms with Crippen molar-refractivity contribution in [2.24, 2.45) is 5.92 Å². The Balaban J connectivity index is 1.39. The number of imide groups is 1. The highest BCUT2D eigenvalue weighted by atomic mass is 32.2. The van der Waals surface area contributed by atoms with E-state index in [9.17, 15) is 27.6 Å². The van der Waals surface area contributed by atoms with Crippen LogP contribution in [0.3, 0.4) is 0 Å². The van der Waals surface area contributed by atoms with Gasteiger partial charge in [-0.1, -0.05) is 38.2 Å². The molecule has 2 aromatic rings. The summed E-state index contributed by atoms with van der Waals surface area (Å²) in [5.41, 5.74) is 1.15. The summed E-state index contributed by atoms with van der Waals surface area (Å²) < 4.78 is 41.9. The Morgan fingerprint density at radius 2 is 1.63 bits per heavy atom. The molecule has 286 valence electrons. The van der Waals surface area contributed by atoms with Crippen LogP contribution in [0.5, 0.6) is 11.5 Å². The second kappa shape index (κ2) is 17.6. The first-order valence-corrected chi connectivity index (χ1v) is 20.4. The Hall–Kier alpha value is -4.13. The molecule has 1 atom stereocenters. The molecule has 0 bridgehead atoms. The molecule has 12 nitrogen and oxygen atoms in total. The maximum atomic E-state index is 14.0. The first-order chi connectivity index (χ1) is 24.5. The summed E-state index contributed by atoms with van der Waals surface area (Å²) in [7, 11) is -2.18. The predicted molar refractivity (Wildman–Crippen MR) is 200 cm³/mol. The van der Waals surface area contributed by atoms with E-state index in [4.69, 9.17) is 14.2 Å². The minimum Gasteiger partial charge on any atom is -0.493 e. The molecule has 4 rings (SSSR count). The number of carbonyl (C=O) groups excluding carboxylic acids is 4. The molecule has 0 unspecified atom stereocenters. The van der Waals surface area contributed by atoms with E-state index >= 15 is 0 Å². The summed E-state index contributed by atoms with van der Waals surface area (Å²) in [6.07, 6.45) is 9.75. The molecule has 0 radical (unpaired) electrons. The number of nitrogens with one attached hydrogen (secondary N) is 1. The molecule has 1 N–H and O–H groups in total. The predicted octanol–water partition coefficient (Wildman–Crippen LogP) is 6.96. The average molecular weight is 742 g/mol. The third kappa shape index (κ3) is 10.9. The minimum atomic E-state index is -3.67. The van der Waals surface area contributed by atoms with E-state index in [1.165, 1.54) is 14.0 Å². The highest BCUT2D eigenvalue weighted by molar-refractivity contribution is 7.90. The molecule has 52 heavy (non-hydrogen) atoms. The SMILES string of the molecule is CCOc1cc([C@@H](CS(C)(=O)=O)N2C(=O)c3cc(CCCCCCCC4CCN(C(=O)OC(C)(C)C)CC4)cc(NC(C)=O)c3C2=O)ccc1OC. The molecule has 0 saturated carbocycles. The van der Waals surface area contributed by atoms with Gasteiger partial charge in [-0.05, 0) is 94.7 Å². The number of ether oxygens (including phenoxy) is 3. The summed E-state index contributed by atoms with van der Waals surface area (Å²) in [4.78, 5) is 55.4. The number of fused-ring (bicyclic) bond motifs is 1. The number of aryl methyl sites for hydroxylation is 1. The van der Waals surface area contributed by atoms with Crippen LogP contribution >= 0.6 is 0 Å². The van der Waals surface area contributed by atoms with E-state index in [0.717, 1.165) is 81.2 Å². The second-order valence-electron chi connectivity index (χ2n) is 14.9. The third-order valence-electron chi connectivity index (χ3n) is 9.38. The lowest BCUT2D eigenvalue weighted by Crippen LogP contribution is -2.41. The van der Waals surface area contributed by atoms with Crippen LogP contribution < -0.4 is 14.8 Å². The third-order valence-corrected chi connectivity index (χ3v) is 10.3. The Morgan fingerprint density at radius 3 is 2.25 bits per heavy atom. The number of likely N-dealkylation sites (tertiary alicyclic amines) is 1. The van der Waals surface area contributed by atoms with Crippen LogP contribution in [0.15, 0.2) is 30.3 Å². The molecule has 1 saturated heterocycles. The molecular weight excluding hydrogens is 687 g/mol. The van der Waals surface area contributed by atoms with Crippen LogP contribution in [0, 0.1) is 5.92 Å². The number of anilines is 1. The monoisotopic (exact) mass is 741 g/mol. The number of rotatable bonds is 16. The normalized spacial score (nSPS) is 15.8. The number of sulfone groups is 1. The van der Waals surface area contributed by atoms with Crippen molar-refractivity contribution >= 4 is 39.3 Å². The number of piperidine rings is 1. The highest BCUT2D eigenvalue weighted by Gasteiger charge is 2.44. The van der Waals surface area contributed by atoms with Gasteiger partial charge < -0.3 is 24.4 Å². The Labute approximate surface area is 308 Å². The lowest BCUT2D eigenvalue weighted by molar-refractivity contribution is -0.114. The standard InChI is InChI=1S/C39H55N3O9S/c1-8-50-34-24-29(16-17-33(34)49-6)32(25-52(7,47)48)42-36(44)30-22-28(23-31(40-26(2)43)35(30)37(42)45)15-13-11-9-10-12-14-27-18-20-41(21-19-27)38(46)51-39(3,4)5/h16-17,22-24,27,32H,8-15,18-21,25H2,1-7H3,(H,40,43)/t32-/m1/s1. The lowest BCUT2D eigenvalue weighted by Gasteiger charge is -2.33. The molecule has 2 aliphatic heterocycles. The quantitative estimate of drug-likeness (QED) is 0.142. The average Bonchev–Trinajstić information content (AvgIpc) is 3.31. The van der Waals surface area contributed by atoms with Crippen LogP contribution in [-0.2, 0) is 25.8 Å². The van der Waals surface area contributed by atoms with E-state index in [1.807, 2.05) is 25.7 Å². The molecule has 0 spiro atoms. The fourth-order valence-electron chi connectivity index (χ4n) is 6.96. The topological polar surface area (TPSA) is 149 Å². The molecule has 2 aromatic carbocycles. The van der Waals surface area contributed by atoms with Crippen LogP contribution in [0.4, 0.5) is 10.5 Å². The maximum absolute atomic E-state index is 14.0. The molecule has 0 aliphatic carbocycles. The van der Waals surface area contributed by atoms with Gasteiger partial charge in [0.15, 0.2) is 11.5 Å². The van der Waals surface area contributed by atoms with Crippen molar-refractivity contribution in [3.63, 3.8) is 0 Å². The van der Waals surface area contributed by atoms with Gasteiger partial charge in [-0.3, -0.25) is 19.3 Å². The highest BCUT2D eigenvalue weighted by Crippen LogP contribution is 2.39. The van der Waals surface area contributed by atoms with Crippen LogP contribution in [0.1, 0.15) is 124 Å². The maximum Gasteiger partial charge on any atom is 0.410 e.